The van der Waals surface area contributed by atoms with E-state index in [0.717, 1.165) is 29.7 Å². The van der Waals surface area contributed by atoms with E-state index in [1.807, 2.05) is 27.7 Å². The minimum Gasteiger partial charge on any atom is -0.267 e. The quantitative estimate of drug-likeness (QED) is 0.645. The molecule has 1 aromatic carbocycles. The summed E-state index contributed by atoms with van der Waals surface area (Å²) in [5.74, 6) is -0.0931. The maximum atomic E-state index is 12.9. The Balaban J connectivity index is 1.97. The molecule has 6 nitrogen and oxygen atoms in total. The highest BCUT2D eigenvalue weighted by molar-refractivity contribution is 6.06. The summed E-state index contributed by atoms with van der Waals surface area (Å²) in [7, 11) is 0. The number of hydrogen-bond donors (Lipinski definition) is 1. The zero-order valence-electron chi connectivity index (χ0n) is 16.8. The lowest BCUT2D eigenvalue weighted by atomic mass is 9.85. The standard InChI is InChI=1S/C22H26N4O2/c1-13(2)16-11-10-15(5)19(12-16)23-24-21(27)20-17-8-6-7-9-18(17)22(28)26(25-20)14(3)4/h6-10,14,16H,1,11-12H2,2-5H3,(H,24,27)/b23-19-/t16-/m0/s1. The van der Waals surface area contributed by atoms with Crippen LogP contribution in [-0.2, 0) is 0 Å². The van der Waals surface area contributed by atoms with Crippen LogP contribution in [0.25, 0.3) is 10.8 Å². The second kappa shape index (κ2) is 7.92. The van der Waals surface area contributed by atoms with Gasteiger partial charge in [0, 0.05) is 5.39 Å². The zero-order chi connectivity index (χ0) is 20.4. The number of nitrogens with zero attached hydrogens (tertiary/aromatic N) is 3. The molecule has 0 unspecified atom stereocenters. The van der Waals surface area contributed by atoms with Crippen molar-refractivity contribution in [3.05, 3.63) is 64.1 Å². The average molecular weight is 378 g/mol. The summed E-state index contributed by atoms with van der Waals surface area (Å²) in [5.41, 5.74) is 5.64. The Morgan fingerprint density at radius 1 is 1.32 bits per heavy atom. The molecule has 0 spiro atoms. The summed E-state index contributed by atoms with van der Waals surface area (Å²) in [6.45, 7) is 11.8. The Morgan fingerprint density at radius 2 is 2.00 bits per heavy atom. The molecule has 0 aliphatic heterocycles. The van der Waals surface area contributed by atoms with Gasteiger partial charge >= 0.3 is 0 Å². The summed E-state index contributed by atoms with van der Waals surface area (Å²) in [5, 5.41) is 9.68. The van der Waals surface area contributed by atoms with E-state index < -0.39 is 5.91 Å². The Kier molecular flexibility index (Phi) is 5.58. The summed E-state index contributed by atoms with van der Waals surface area (Å²) in [6.07, 6.45) is 3.82. The molecular weight excluding hydrogens is 352 g/mol. The topological polar surface area (TPSA) is 76.3 Å². The van der Waals surface area contributed by atoms with E-state index in [-0.39, 0.29) is 17.3 Å². The number of rotatable bonds is 4. The molecule has 0 fully saturated rings. The highest BCUT2D eigenvalue weighted by atomic mass is 16.2. The summed E-state index contributed by atoms with van der Waals surface area (Å²) >= 11 is 0. The molecule has 0 saturated carbocycles. The van der Waals surface area contributed by atoms with E-state index in [4.69, 9.17) is 0 Å². The fraction of sp³-hybridized carbons (Fsp3) is 0.364. The van der Waals surface area contributed by atoms with E-state index in [2.05, 4.69) is 28.3 Å². The number of carbonyl (C=O) groups excluding carboxylic acids is 1. The number of benzene rings is 1. The monoisotopic (exact) mass is 378 g/mol. The Labute approximate surface area is 164 Å². The molecule has 1 aliphatic carbocycles. The number of allylic oxidation sites excluding steroid dienone is 3. The third-order valence-electron chi connectivity index (χ3n) is 5.13. The van der Waals surface area contributed by atoms with Gasteiger partial charge in [0.25, 0.3) is 11.5 Å². The first-order valence-electron chi connectivity index (χ1n) is 9.50. The van der Waals surface area contributed by atoms with Crippen LogP contribution in [0, 0.1) is 5.92 Å². The molecule has 1 heterocycles. The molecule has 146 valence electrons. The van der Waals surface area contributed by atoms with Crippen LogP contribution in [0.4, 0.5) is 0 Å². The molecule has 0 saturated heterocycles. The average Bonchev–Trinajstić information content (AvgIpc) is 2.67. The number of hydrazone groups is 1. The van der Waals surface area contributed by atoms with Crippen molar-refractivity contribution in [1.82, 2.24) is 15.2 Å². The Bertz CT molecular complexity index is 1060. The van der Waals surface area contributed by atoms with Crippen LogP contribution in [-0.4, -0.2) is 21.4 Å². The number of fused-ring (bicyclic) bond motifs is 1. The second-order valence-electron chi connectivity index (χ2n) is 7.61. The summed E-state index contributed by atoms with van der Waals surface area (Å²) in [4.78, 5) is 25.5. The fourth-order valence-corrected chi connectivity index (χ4v) is 3.32. The van der Waals surface area contributed by atoms with E-state index >= 15 is 0 Å². The molecule has 28 heavy (non-hydrogen) atoms. The van der Waals surface area contributed by atoms with Gasteiger partial charge in [-0.1, -0.05) is 36.4 Å². The van der Waals surface area contributed by atoms with Crippen molar-refractivity contribution in [3.63, 3.8) is 0 Å². The molecule has 2 aromatic rings. The van der Waals surface area contributed by atoms with Gasteiger partial charge in [0.1, 0.15) is 0 Å². The number of hydrogen-bond acceptors (Lipinski definition) is 4. The molecule has 1 N–H and O–H groups in total. The van der Waals surface area contributed by atoms with Crippen molar-refractivity contribution in [2.24, 2.45) is 11.0 Å². The first-order chi connectivity index (χ1) is 13.3. The van der Waals surface area contributed by atoms with Crippen molar-refractivity contribution in [1.29, 1.82) is 0 Å². The number of amides is 1. The highest BCUT2D eigenvalue weighted by Gasteiger charge is 2.20. The molecular formula is C22H26N4O2. The third-order valence-corrected chi connectivity index (χ3v) is 5.13. The molecule has 0 radical (unpaired) electrons. The third kappa shape index (κ3) is 3.81. The van der Waals surface area contributed by atoms with Crippen molar-refractivity contribution >= 4 is 22.4 Å². The van der Waals surface area contributed by atoms with Gasteiger partial charge < -0.3 is 0 Å². The zero-order valence-corrected chi connectivity index (χ0v) is 16.8. The molecule has 1 atom stereocenters. The fourth-order valence-electron chi connectivity index (χ4n) is 3.32. The van der Waals surface area contributed by atoms with Crippen molar-refractivity contribution in [3.8, 4) is 0 Å². The first kappa shape index (κ1) is 19.7. The van der Waals surface area contributed by atoms with Gasteiger partial charge in [0.2, 0.25) is 0 Å². The molecule has 3 rings (SSSR count). The normalized spacial score (nSPS) is 18.4. The highest BCUT2D eigenvalue weighted by Crippen LogP contribution is 2.26. The summed E-state index contributed by atoms with van der Waals surface area (Å²) < 4.78 is 1.34. The van der Waals surface area contributed by atoms with Gasteiger partial charge in [0.15, 0.2) is 5.69 Å². The Hall–Kier alpha value is -3.02. The van der Waals surface area contributed by atoms with Crippen LogP contribution in [0.5, 0.6) is 0 Å². The smallest absolute Gasteiger partial charge is 0.267 e. The predicted octanol–water partition coefficient (Wildman–Crippen LogP) is 4.00. The SMILES string of the molecule is C=C(C)[C@H]1CC=C(C)/C(=N\NC(=O)c2nn(C(C)C)c(=O)c3ccccc23)C1. The van der Waals surface area contributed by atoms with Gasteiger partial charge in [0.05, 0.1) is 17.1 Å². The lowest BCUT2D eigenvalue weighted by Crippen LogP contribution is -2.30. The van der Waals surface area contributed by atoms with Crippen molar-refractivity contribution in [2.45, 2.75) is 46.6 Å². The minimum absolute atomic E-state index is 0.158. The molecule has 1 aliphatic rings. The van der Waals surface area contributed by atoms with Gasteiger partial charge in [-0.15, -0.1) is 0 Å². The van der Waals surface area contributed by atoms with Crippen molar-refractivity contribution < 1.29 is 4.79 Å². The van der Waals surface area contributed by atoms with E-state index in [1.54, 1.807) is 24.3 Å². The maximum absolute atomic E-state index is 12.9. The van der Waals surface area contributed by atoms with Gasteiger partial charge in [-0.3, -0.25) is 9.59 Å². The maximum Gasteiger partial charge on any atom is 0.292 e. The Morgan fingerprint density at radius 3 is 2.64 bits per heavy atom. The van der Waals surface area contributed by atoms with Crippen LogP contribution in [0.3, 0.4) is 0 Å². The van der Waals surface area contributed by atoms with Gasteiger partial charge in [-0.25, -0.2) is 10.1 Å². The number of nitrogens with one attached hydrogen (secondary N) is 1. The van der Waals surface area contributed by atoms with Crippen molar-refractivity contribution in [2.75, 3.05) is 0 Å². The number of aromatic nitrogens is 2. The molecule has 1 amide bonds. The van der Waals surface area contributed by atoms with Gasteiger partial charge in [-0.2, -0.15) is 10.2 Å². The van der Waals surface area contributed by atoms with Crippen LogP contribution in [0.1, 0.15) is 57.1 Å². The predicted molar refractivity (Wildman–Crippen MR) is 113 cm³/mol. The van der Waals surface area contributed by atoms with Crippen LogP contribution in [0.2, 0.25) is 0 Å². The van der Waals surface area contributed by atoms with Crippen LogP contribution >= 0.6 is 0 Å². The molecule has 6 heteroatoms. The largest absolute Gasteiger partial charge is 0.292 e. The minimum atomic E-state index is -0.427. The molecule has 1 aromatic heterocycles. The second-order valence-corrected chi connectivity index (χ2v) is 7.61. The van der Waals surface area contributed by atoms with Crippen LogP contribution < -0.4 is 11.0 Å². The lowest BCUT2D eigenvalue weighted by molar-refractivity contribution is 0.0949. The van der Waals surface area contributed by atoms with Gasteiger partial charge in [-0.05, 0) is 58.1 Å². The van der Waals surface area contributed by atoms with E-state index in [9.17, 15) is 9.59 Å². The number of carbonyl (C=O) groups is 1. The van der Waals surface area contributed by atoms with E-state index in [0.29, 0.717) is 16.7 Å². The summed E-state index contributed by atoms with van der Waals surface area (Å²) in [6, 6.07) is 6.86. The first-order valence-corrected chi connectivity index (χ1v) is 9.50. The lowest BCUT2D eigenvalue weighted by Gasteiger charge is -2.22. The van der Waals surface area contributed by atoms with Crippen LogP contribution in [0.15, 0.2) is 58.0 Å². The van der Waals surface area contributed by atoms with E-state index in [1.165, 1.54) is 4.68 Å². The molecule has 0 bridgehead atoms.